The Bertz CT molecular complexity index is 1330. The van der Waals surface area contributed by atoms with Crippen molar-refractivity contribution < 1.29 is 27.5 Å². The fourth-order valence-corrected chi connectivity index (χ4v) is 6.89. The SMILES string of the molecule is CCOC(=O)C1=C(CN2CCN(S(=O)(=O)c3ccccc3)C(C)C2)N(CC)C(=O)NC1c1ccccc1OC. The predicted molar refractivity (Wildman–Crippen MR) is 147 cm³/mol. The molecule has 0 aromatic heterocycles. The van der Waals surface area contributed by atoms with Gasteiger partial charge in [-0.15, -0.1) is 0 Å². The van der Waals surface area contributed by atoms with Gasteiger partial charge in [-0.2, -0.15) is 4.31 Å². The van der Waals surface area contributed by atoms with Gasteiger partial charge >= 0.3 is 12.0 Å². The summed E-state index contributed by atoms with van der Waals surface area (Å²) in [6.45, 7) is 7.43. The van der Waals surface area contributed by atoms with Crippen molar-refractivity contribution in [3.05, 3.63) is 71.4 Å². The highest BCUT2D eigenvalue weighted by Gasteiger charge is 2.41. The maximum Gasteiger partial charge on any atom is 0.338 e. The second-order valence-corrected chi connectivity index (χ2v) is 11.4. The Labute approximate surface area is 230 Å². The van der Waals surface area contributed by atoms with Crippen LogP contribution >= 0.6 is 0 Å². The lowest BCUT2D eigenvalue weighted by atomic mass is 9.93. The fourth-order valence-electron chi connectivity index (χ4n) is 5.25. The first-order valence-electron chi connectivity index (χ1n) is 13.1. The van der Waals surface area contributed by atoms with Gasteiger partial charge in [0.05, 0.1) is 30.2 Å². The smallest absolute Gasteiger partial charge is 0.338 e. The highest BCUT2D eigenvalue weighted by molar-refractivity contribution is 7.89. The third-order valence-corrected chi connectivity index (χ3v) is 9.10. The zero-order valence-corrected chi connectivity index (χ0v) is 23.6. The zero-order valence-electron chi connectivity index (χ0n) is 22.8. The van der Waals surface area contributed by atoms with E-state index in [9.17, 15) is 18.0 Å². The Morgan fingerprint density at radius 1 is 1.05 bits per heavy atom. The molecule has 2 unspecified atom stereocenters. The van der Waals surface area contributed by atoms with Crippen LogP contribution in [-0.4, -0.2) is 87.0 Å². The highest BCUT2D eigenvalue weighted by atomic mass is 32.2. The molecule has 0 saturated carbocycles. The van der Waals surface area contributed by atoms with Gasteiger partial charge in [0.15, 0.2) is 0 Å². The number of nitrogens with one attached hydrogen (secondary N) is 1. The Morgan fingerprint density at radius 3 is 2.38 bits per heavy atom. The minimum absolute atomic E-state index is 0.182. The molecule has 2 aromatic rings. The molecular weight excluding hydrogens is 520 g/mol. The van der Waals surface area contributed by atoms with Crippen molar-refractivity contribution in [1.82, 2.24) is 19.4 Å². The number of ether oxygens (including phenoxy) is 2. The highest BCUT2D eigenvalue weighted by Crippen LogP contribution is 2.36. The van der Waals surface area contributed by atoms with E-state index in [1.165, 1.54) is 4.31 Å². The van der Waals surface area contributed by atoms with E-state index in [4.69, 9.17) is 9.47 Å². The number of rotatable bonds is 9. The molecule has 39 heavy (non-hydrogen) atoms. The van der Waals surface area contributed by atoms with Crippen molar-refractivity contribution in [2.45, 2.75) is 37.8 Å². The summed E-state index contributed by atoms with van der Waals surface area (Å²) in [5, 5.41) is 2.96. The van der Waals surface area contributed by atoms with Gasteiger partial charge in [-0.3, -0.25) is 9.80 Å². The van der Waals surface area contributed by atoms with Crippen molar-refractivity contribution in [1.29, 1.82) is 0 Å². The minimum atomic E-state index is -3.64. The van der Waals surface area contributed by atoms with Crippen LogP contribution in [0.1, 0.15) is 32.4 Å². The molecule has 2 aliphatic rings. The van der Waals surface area contributed by atoms with Crippen LogP contribution in [0.3, 0.4) is 0 Å². The third-order valence-electron chi connectivity index (χ3n) is 7.07. The van der Waals surface area contributed by atoms with Crippen LogP contribution in [0.25, 0.3) is 0 Å². The number of para-hydroxylation sites is 1. The molecule has 210 valence electrons. The van der Waals surface area contributed by atoms with Gasteiger partial charge in [-0.1, -0.05) is 36.4 Å². The monoisotopic (exact) mass is 556 g/mol. The van der Waals surface area contributed by atoms with Gasteiger partial charge in [-0.25, -0.2) is 18.0 Å². The molecule has 0 spiro atoms. The van der Waals surface area contributed by atoms with Crippen molar-refractivity contribution >= 4 is 22.0 Å². The van der Waals surface area contributed by atoms with Gasteiger partial charge in [0, 0.05) is 50.0 Å². The number of sulfonamides is 1. The quantitative estimate of drug-likeness (QED) is 0.473. The molecule has 2 aliphatic heterocycles. The molecule has 2 amide bonds. The van der Waals surface area contributed by atoms with Crippen LogP contribution in [0, 0.1) is 0 Å². The van der Waals surface area contributed by atoms with E-state index < -0.39 is 22.0 Å². The molecule has 10 nitrogen and oxygen atoms in total. The number of amides is 2. The van der Waals surface area contributed by atoms with Crippen molar-refractivity contribution in [3.63, 3.8) is 0 Å². The summed E-state index contributed by atoms with van der Waals surface area (Å²) in [4.78, 5) is 30.6. The van der Waals surface area contributed by atoms with Gasteiger partial charge in [0.1, 0.15) is 5.75 Å². The van der Waals surface area contributed by atoms with E-state index in [2.05, 4.69) is 10.2 Å². The molecule has 0 radical (unpaired) electrons. The number of esters is 1. The van der Waals surface area contributed by atoms with Crippen LogP contribution in [0.2, 0.25) is 0 Å². The number of methoxy groups -OCH3 is 1. The van der Waals surface area contributed by atoms with E-state index in [1.54, 1.807) is 55.3 Å². The summed E-state index contributed by atoms with van der Waals surface area (Å²) in [6.07, 6.45) is 0. The van der Waals surface area contributed by atoms with E-state index in [0.717, 1.165) is 0 Å². The molecule has 1 saturated heterocycles. The van der Waals surface area contributed by atoms with Gasteiger partial charge in [-0.05, 0) is 39.0 Å². The Balaban J connectivity index is 1.68. The summed E-state index contributed by atoms with van der Waals surface area (Å²) in [5.41, 5.74) is 1.54. The second kappa shape index (κ2) is 12.2. The zero-order chi connectivity index (χ0) is 28.2. The normalized spacial score (nSPS) is 21.0. The number of hydrogen-bond acceptors (Lipinski definition) is 7. The maximum absolute atomic E-state index is 13.4. The van der Waals surface area contributed by atoms with E-state index in [-0.39, 0.29) is 36.7 Å². The van der Waals surface area contributed by atoms with Crippen LogP contribution < -0.4 is 10.1 Å². The Morgan fingerprint density at radius 2 is 1.74 bits per heavy atom. The first-order valence-corrected chi connectivity index (χ1v) is 14.6. The van der Waals surface area contributed by atoms with Gasteiger partial charge in [0.25, 0.3) is 0 Å². The van der Waals surface area contributed by atoms with E-state index >= 15 is 0 Å². The van der Waals surface area contributed by atoms with Crippen LogP contribution in [0.5, 0.6) is 5.75 Å². The lowest BCUT2D eigenvalue weighted by molar-refractivity contribution is -0.139. The average molecular weight is 557 g/mol. The summed E-state index contributed by atoms with van der Waals surface area (Å²) in [7, 11) is -2.10. The molecule has 11 heteroatoms. The number of hydrogen-bond donors (Lipinski definition) is 1. The molecule has 4 rings (SSSR count). The molecule has 1 N–H and O–H groups in total. The second-order valence-electron chi connectivity index (χ2n) is 9.46. The number of benzene rings is 2. The first-order chi connectivity index (χ1) is 18.7. The standard InChI is InChI=1S/C28H36N4O6S/c1-5-31-23(19-30-16-17-32(20(3)18-30)39(35,36)21-12-8-7-9-13-21)25(27(33)38-6-2)26(29-28(31)34)22-14-10-11-15-24(22)37-4/h7-15,20,26H,5-6,16-19H2,1-4H3,(H,29,34). The van der Waals surface area contributed by atoms with Crippen LogP contribution in [-0.2, 0) is 19.6 Å². The number of urea groups is 1. The third kappa shape index (κ3) is 5.80. The topological polar surface area (TPSA) is 108 Å². The molecule has 0 bridgehead atoms. The van der Waals surface area contributed by atoms with Crippen LogP contribution in [0.15, 0.2) is 70.8 Å². The predicted octanol–water partition coefficient (Wildman–Crippen LogP) is 2.99. The van der Waals surface area contributed by atoms with E-state index in [1.807, 2.05) is 32.0 Å². The van der Waals surface area contributed by atoms with Gasteiger partial charge in [0.2, 0.25) is 10.0 Å². The summed E-state index contributed by atoms with van der Waals surface area (Å²) < 4.78 is 39.1. The molecule has 2 heterocycles. The van der Waals surface area contributed by atoms with Crippen molar-refractivity contribution in [3.8, 4) is 5.75 Å². The van der Waals surface area contributed by atoms with Crippen molar-refractivity contribution in [2.75, 3.05) is 46.4 Å². The molecule has 2 atom stereocenters. The fraction of sp³-hybridized carbons (Fsp3) is 0.429. The minimum Gasteiger partial charge on any atom is -0.496 e. The average Bonchev–Trinajstić information content (AvgIpc) is 2.93. The molecule has 2 aromatic carbocycles. The maximum atomic E-state index is 13.4. The van der Waals surface area contributed by atoms with E-state index in [0.29, 0.717) is 42.2 Å². The molecule has 1 fully saturated rings. The number of likely N-dealkylation sites (N-methyl/N-ethyl adjacent to an activating group) is 1. The molecular formula is C28H36N4O6S. The number of piperazine rings is 1. The summed E-state index contributed by atoms with van der Waals surface area (Å²) >= 11 is 0. The van der Waals surface area contributed by atoms with Crippen LogP contribution in [0.4, 0.5) is 4.79 Å². The Hall–Kier alpha value is -3.41. The molecule has 0 aliphatic carbocycles. The Kier molecular flexibility index (Phi) is 8.94. The largest absolute Gasteiger partial charge is 0.496 e. The number of carbonyl (C=O) groups is 2. The summed E-state index contributed by atoms with van der Waals surface area (Å²) in [5.74, 6) is 0.0300. The first kappa shape index (κ1) is 28.6. The van der Waals surface area contributed by atoms with Crippen molar-refractivity contribution in [2.24, 2.45) is 0 Å². The number of nitrogens with zero attached hydrogens (tertiary/aromatic N) is 3. The lowest BCUT2D eigenvalue weighted by Gasteiger charge is -2.42. The lowest BCUT2D eigenvalue weighted by Crippen LogP contribution is -2.56. The van der Waals surface area contributed by atoms with Gasteiger partial charge < -0.3 is 14.8 Å². The number of carbonyl (C=O) groups excluding carboxylic acids is 2. The summed E-state index contributed by atoms with van der Waals surface area (Å²) in [6, 6.07) is 14.3.